The van der Waals surface area contributed by atoms with E-state index in [1.54, 1.807) is 38.4 Å². The smallest absolute Gasteiger partial charge is 0.326 e. The fraction of sp³-hybridized carbons (Fsp3) is 0.286. The van der Waals surface area contributed by atoms with Gasteiger partial charge >= 0.3 is 5.97 Å². The Balaban J connectivity index is 2.14. The third kappa shape index (κ3) is 3.44. The summed E-state index contributed by atoms with van der Waals surface area (Å²) in [7, 11) is 0. The summed E-state index contributed by atoms with van der Waals surface area (Å²) in [5.74, 6) is -1.49. The van der Waals surface area contributed by atoms with Gasteiger partial charge in [-0.15, -0.1) is 0 Å². The zero-order valence-corrected chi connectivity index (χ0v) is 11.6. The van der Waals surface area contributed by atoms with Gasteiger partial charge in [0, 0.05) is 24.0 Å². The lowest BCUT2D eigenvalue weighted by molar-refractivity contribution is -0.140. The van der Waals surface area contributed by atoms with Crippen LogP contribution in [0.1, 0.15) is 24.3 Å². The molecule has 7 heteroatoms. The molecule has 0 aliphatic carbocycles. The second kappa shape index (κ2) is 6.17. The summed E-state index contributed by atoms with van der Waals surface area (Å²) in [4.78, 5) is 27.0. The van der Waals surface area contributed by atoms with E-state index in [2.05, 4.69) is 15.5 Å². The number of carboxylic acids is 1. The predicted molar refractivity (Wildman–Crippen MR) is 73.5 cm³/mol. The van der Waals surface area contributed by atoms with Crippen LogP contribution in [-0.2, 0) is 4.79 Å². The van der Waals surface area contributed by atoms with Crippen LogP contribution in [0.25, 0.3) is 11.3 Å². The SMILES string of the molecule is CC(C)[C@@H](NC(=O)c1cc(-c2ccncc2)on1)C(=O)O. The van der Waals surface area contributed by atoms with Gasteiger partial charge < -0.3 is 14.9 Å². The molecule has 0 aromatic carbocycles. The molecule has 0 spiro atoms. The molecule has 2 aromatic heterocycles. The topological polar surface area (TPSA) is 105 Å². The molecule has 110 valence electrons. The largest absolute Gasteiger partial charge is 0.480 e. The van der Waals surface area contributed by atoms with E-state index in [1.807, 2.05) is 0 Å². The molecule has 1 atom stereocenters. The number of aliphatic carboxylic acids is 1. The molecule has 2 aromatic rings. The number of carboxylic acid groups (broad SMARTS) is 1. The first kappa shape index (κ1) is 14.7. The Morgan fingerprint density at radius 2 is 1.95 bits per heavy atom. The lowest BCUT2D eigenvalue weighted by Gasteiger charge is -2.16. The van der Waals surface area contributed by atoms with E-state index in [9.17, 15) is 9.59 Å². The zero-order chi connectivity index (χ0) is 15.4. The Morgan fingerprint density at radius 3 is 2.52 bits per heavy atom. The van der Waals surface area contributed by atoms with Gasteiger partial charge in [0.2, 0.25) is 0 Å². The highest BCUT2D eigenvalue weighted by Crippen LogP contribution is 2.19. The van der Waals surface area contributed by atoms with Gasteiger partial charge in [-0.3, -0.25) is 9.78 Å². The zero-order valence-electron chi connectivity index (χ0n) is 11.6. The van der Waals surface area contributed by atoms with Crippen molar-refractivity contribution in [3.63, 3.8) is 0 Å². The van der Waals surface area contributed by atoms with E-state index in [4.69, 9.17) is 9.63 Å². The van der Waals surface area contributed by atoms with Crippen molar-refractivity contribution in [3.05, 3.63) is 36.3 Å². The molecule has 0 bridgehead atoms. The first-order valence-corrected chi connectivity index (χ1v) is 6.40. The molecule has 2 heterocycles. The van der Waals surface area contributed by atoms with Gasteiger partial charge in [0.15, 0.2) is 11.5 Å². The van der Waals surface area contributed by atoms with Gasteiger partial charge in [0.25, 0.3) is 5.91 Å². The normalized spacial score (nSPS) is 12.1. The third-order valence-corrected chi connectivity index (χ3v) is 2.93. The first-order chi connectivity index (χ1) is 9.99. The number of carbonyl (C=O) groups is 2. The number of hydrogen-bond acceptors (Lipinski definition) is 5. The molecular formula is C14H15N3O4. The van der Waals surface area contributed by atoms with Crippen molar-refractivity contribution < 1.29 is 19.2 Å². The van der Waals surface area contributed by atoms with Crippen LogP contribution >= 0.6 is 0 Å². The molecule has 1 amide bonds. The number of amides is 1. The Labute approximate surface area is 121 Å². The standard InChI is InChI=1S/C14H15N3O4/c1-8(2)12(14(19)20)16-13(18)10-7-11(21-17-10)9-3-5-15-6-4-9/h3-8,12H,1-2H3,(H,16,18)(H,19,20)/t12-/m1/s1. The number of pyridine rings is 1. The number of nitrogens with zero attached hydrogens (tertiary/aromatic N) is 2. The van der Waals surface area contributed by atoms with Crippen molar-refractivity contribution in [1.29, 1.82) is 0 Å². The minimum atomic E-state index is -1.09. The van der Waals surface area contributed by atoms with Gasteiger partial charge in [0.05, 0.1) is 0 Å². The Hall–Kier alpha value is -2.70. The second-order valence-electron chi connectivity index (χ2n) is 4.85. The fourth-order valence-corrected chi connectivity index (χ4v) is 1.76. The molecule has 2 N–H and O–H groups in total. The van der Waals surface area contributed by atoms with E-state index < -0.39 is 17.9 Å². The first-order valence-electron chi connectivity index (χ1n) is 6.40. The van der Waals surface area contributed by atoms with E-state index in [-0.39, 0.29) is 11.6 Å². The Bertz CT molecular complexity index is 637. The maximum Gasteiger partial charge on any atom is 0.326 e. The predicted octanol–water partition coefficient (Wildman–Crippen LogP) is 1.58. The summed E-state index contributed by atoms with van der Waals surface area (Å²) in [6.45, 7) is 3.43. The highest BCUT2D eigenvalue weighted by Gasteiger charge is 2.25. The maximum absolute atomic E-state index is 12.0. The van der Waals surface area contributed by atoms with E-state index >= 15 is 0 Å². The van der Waals surface area contributed by atoms with Crippen molar-refractivity contribution in [1.82, 2.24) is 15.5 Å². The summed E-state index contributed by atoms with van der Waals surface area (Å²) in [5.41, 5.74) is 0.768. The number of aromatic nitrogens is 2. The van der Waals surface area contributed by atoms with Gasteiger partial charge in [-0.05, 0) is 18.1 Å². The summed E-state index contributed by atoms with van der Waals surface area (Å²) in [5, 5.41) is 15.1. The van der Waals surface area contributed by atoms with E-state index in [0.717, 1.165) is 5.56 Å². The molecule has 21 heavy (non-hydrogen) atoms. The Morgan fingerprint density at radius 1 is 1.29 bits per heavy atom. The second-order valence-corrected chi connectivity index (χ2v) is 4.85. The third-order valence-electron chi connectivity index (χ3n) is 2.93. The average Bonchev–Trinajstić information content (AvgIpc) is 2.94. The van der Waals surface area contributed by atoms with Crippen LogP contribution in [0.15, 0.2) is 35.1 Å². The molecule has 0 unspecified atom stereocenters. The molecule has 0 saturated carbocycles. The molecule has 7 nitrogen and oxygen atoms in total. The molecular weight excluding hydrogens is 274 g/mol. The van der Waals surface area contributed by atoms with Crippen LogP contribution in [0, 0.1) is 5.92 Å². The van der Waals surface area contributed by atoms with Crippen LogP contribution in [0.3, 0.4) is 0 Å². The van der Waals surface area contributed by atoms with Gasteiger partial charge in [-0.1, -0.05) is 19.0 Å². The number of hydrogen-bond donors (Lipinski definition) is 2. The minimum Gasteiger partial charge on any atom is -0.480 e. The molecule has 2 rings (SSSR count). The van der Waals surface area contributed by atoms with Crippen LogP contribution in [0.5, 0.6) is 0 Å². The van der Waals surface area contributed by atoms with Crippen LogP contribution in [0.4, 0.5) is 0 Å². The van der Waals surface area contributed by atoms with E-state index in [0.29, 0.717) is 5.76 Å². The fourth-order valence-electron chi connectivity index (χ4n) is 1.76. The van der Waals surface area contributed by atoms with Crippen molar-refractivity contribution >= 4 is 11.9 Å². The van der Waals surface area contributed by atoms with Gasteiger partial charge in [-0.2, -0.15) is 0 Å². The molecule has 0 fully saturated rings. The summed E-state index contributed by atoms with van der Waals surface area (Å²) >= 11 is 0. The molecule has 0 radical (unpaired) electrons. The number of rotatable bonds is 5. The van der Waals surface area contributed by atoms with Gasteiger partial charge in [-0.25, -0.2) is 4.79 Å². The quantitative estimate of drug-likeness (QED) is 0.865. The Kier molecular flexibility index (Phi) is 4.32. The number of nitrogens with one attached hydrogen (secondary N) is 1. The summed E-state index contributed by atoms with van der Waals surface area (Å²) in [6.07, 6.45) is 3.19. The highest BCUT2D eigenvalue weighted by molar-refractivity contribution is 5.95. The molecule has 0 saturated heterocycles. The van der Waals surface area contributed by atoms with Crippen molar-refractivity contribution in [2.45, 2.75) is 19.9 Å². The highest BCUT2D eigenvalue weighted by atomic mass is 16.5. The van der Waals surface area contributed by atoms with Gasteiger partial charge in [0.1, 0.15) is 6.04 Å². The minimum absolute atomic E-state index is 0.0358. The lowest BCUT2D eigenvalue weighted by Crippen LogP contribution is -2.44. The van der Waals surface area contributed by atoms with Crippen molar-refractivity contribution in [2.24, 2.45) is 5.92 Å². The monoisotopic (exact) mass is 289 g/mol. The van der Waals surface area contributed by atoms with Crippen LogP contribution in [-0.4, -0.2) is 33.2 Å². The van der Waals surface area contributed by atoms with Crippen molar-refractivity contribution in [3.8, 4) is 11.3 Å². The maximum atomic E-state index is 12.0. The molecule has 0 aliphatic rings. The lowest BCUT2D eigenvalue weighted by atomic mass is 10.0. The summed E-state index contributed by atoms with van der Waals surface area (Å²) < 4.78 is 5.09. The van der Waals surface area contributed by atoms with E-state index in [1.165, 1.54) is 6.07 Å². The van der Waals surface area contributed by atoms with Crippen LogP contribution in [0.2, 0.25) is 0 Å². The average molecular weight is 289 g/mol. The summed E-state index contributed by atoms with van der Waals surface area (Å²) in [6, 6.07) is 3.93. The van der Waals surface area contributed by atoms with Crippen LogP contribution < -0.4 is 5.32 Å². The van der Waals surface area contributed by atoms with Crippen molar-refractivity contribution in [2.75, 3.05) is 0 Å². The molecule has 0 aliphatic heterocycles. The number of carbonyl (C=O) groups excluding carboxylic acids is 1.